The van der Waals surface area contributed by atoms with E-state index in [4.69, 9.17) is 10.9 Å². The number of benzene rings is 1. The number of nitrogens with two attached hydrogens (primary N) is 1. The molecule has 1 aromatic rings. The molecule has 0 aliphatic rings. The van der Waals surface area contributed by atoms with Crippen LogP contribution in [-0.4, -0.2) is 11.0 Å². The van der Waals surface area contributed by atoms with Gasteiger partial charge in [0.1, 0.15) is 0 Å². The third-order valence-electron chi connectivity index (χ3n) is 1.55. The molecule has 0 amide bonds. The summed E-state index contributed by atoms with van der Waals surface area (Å²) < 4.78 is 0. The highest BCUT2D eigenvalue weighted by Gasteiger charge is 2.03. The van der Waals surface area contributed by atoms with E-state index in [2.05, 4.69) is 21.1 Å². The molecule has 0 aromatic heterocycles. The molecule has 0 saturated carbocycles. The van der Waals surface area contributed by atoms with Crippen molar-refractivity contribution in [2.24, 2.45) is 10.9 Å². The molecule has 0 unspecified atom stereocenters. The summed E-state index contributed by atoms with van der Waals surface area (Å²) in [5.74, 6) is 0.144. The van der Waals surface area contributed by atoms with E-state index in [1.807, 2.05) is 24.3 Å². The van der Waals surface area contributed by atoms with Gasteiger partial charge < -0.3 is 10.9 Å². The Bertz CT molecular complexity index is 299. The molecule has 0 aliphatic carbocycles. The lowest BCUT2D eigenvalue weighted by molar-refractivity contribution is 0.318. The Labute approximate surface area is 79.0 Å². The van der Waals surface area contributed by atoms with Gasteiger partial charge in [-0.05, 0) is 5.56 Å². The molecule has 4 heteroatoms. The molecule has 0 fully saturated rings. The molecular weight excluding hydrogens is 220 g/mol. The van der Waals surface area contributed by atoms with Crippen LogP contribution in [-0.2, 0) is 5.33 Å². The van der Waals surface area contributed by atoms with E-state index in [-0.39, 0.29) is 5.84 Å². The lowest BCUT2D eigenvalue weighted by Gasteiger charge is -2.03. The lowest BCUT2D eigenvalue weighted by Crippen LogP contribution is -2.14. The van der Waals surface area contributed by atoms with Crippen LogP contribution in [0.15, 0.2) is 29.4 Å². The van der Waals surface area contributed by atoms with Crippen LogP contribution in [0.4, 0.5) is 0 Å². The zero-order valence-electron chi connectivity index (χ0n) is 6.37. The molecule has 0 radical (unpaired) electrons. The Kier molecular flexibility index (Phi) is 3.10. The molecule has 3 N–H and O–H groups in total. The minimum absolute atomic E-state index is 0.144. The third kappa shape index (κ3) is 1.76. The van der Waals surface area contributed by atoms with E-state index in [1.165, 1.54) is 0 Å². The minimum atomic E-state index is 0.144. The summed E-state index contributed by atoms with van der Waals surface area (Å²) in [7, 11) is 0. The van der Waals surface area contributed by atoms with Crippen molar-refractivity contribution < 1.29 is 5.21 Å². The van der Waals surface area contributed by atoms with Gasteiger partial charge in [0.15, 0.2) is 5.84 Å². The van der Waals surface area contributed by atoms with Gasteiger partial charge in [-0.2, -0.15) is 0 Å². The number of rotatable bonds is 2. The van der Waals surface area contributed by atoms with Crippen molar-refractivity contribution in [2.75, 3.05) is 0 Å². The number of hydrogen-bond acceptors (Lipinski definition) is 2. The average molecular weight is 229 g/mol. The minimum Gasteiger partial charge on any atom is -0.409 e. The predicted molar refractivity (Wildman–Crippen MR) is 51.6 cm³/mol. The molecule has 0 spiro atoms. The molecule has 0 atom stereocenters. The zero-order valence-corrected chi connectivity index (χ0v) is 7.95. The normalized spacial score (nSPS) is 11.6. The van der Waals surface area contributed by atoms with E-state index in [9.17, 15) is 0 Å². The first-order valence-electron chi connectivity index (χ1n) is 3.41. The van der Waals surface area contributed by atoms with Crippen LogP contribution >= 0.6 is 15.9 Å². The molecule has 0 aliphatic heterocycles. The second kappa shape index (κ2) is 4.11. The van der Waals surface area contributed by atoms with Gasteiger partial charge in [-0.25, -0.2) is 0 Å². The summed E-state index contributed by atoms with van der Waals surface area (Å²) >= 11 is 3.31. The molecule has 0 bridgehead atoms. The summed E-state index contributed by atoms with van der Waals surface area (Å²) in [5, 5.41) is 12.1. The van der Waals surface area contributed by atoms with Crippen LogP contribution in [0.5, 0.6) is 0 Å². The fraction of sp³-hybridized carbons (Fsp3) is 0.125. The van der Waals surface area contributed by atoms with E-state index in [0.29, 0.717) is 5.33 Å². The summed E-state index contributed by atoms with van der Waals surface area (Å²) in [5.41, 5.74) is 7.22. The summed E-state index contributed by atoms with van der Waals surface area (Å²) in [6, 6.07) is 7.48. The van der Waals surface area contributed by atoms with Crippen LogP contribution in [0.1, 0.15) is 11.1 Å². The van der Waals surface area contributed by atoms with Gasteiger partial charge in [0.2, 0.25) is 0 Å². The van der Waals surface area contributed by atoms with Gasteiger partial charge in [-0.1, -0.05) is 45.4 Å². The maximum atomic E-state index is 8.46. The molecule has 12 heavy (non-hydrogen) atoms. The van der Waals surface area contributed by atoms with E-state index in [0.717, 1.165) is 11.1 Å². The maximum absolute atomic E-state index is 8.46. The van der Waals surface area contributed by atoms with Crippen molar-refractivity contribution in [2.45, 2.75) is 5.33 Å². The second-order valence-electron chi connectivity index (χ2n) is 2.28. The van der Waals surface area contributed by atoms with E-state index >= 15 is 0 Å². The van der Waals surface area contributed by atoms with Crippen LogP contribution in [0.2, 0.25) is 0 Å². The SMILES string of the molecule is N/C(=N\O)c1ccccc1CBr. The Balaban J connectivity index is 3.13. The topological polar surface area (TPSA) is 58.6 Å². The average Bonchev–Trinajstić information content (AvgIpc) is 2.16. The smallest absolute Gasteiger partial charge is 0.170 e. The van der Waals surface area contributed by atoms with Gasteiger partial charge in [0, 0.05) is 10.9 Å². The number of amidine groups is 1. The number of halogens is 1. The monoisotopic (exact) mass is 228 g/mol. The summed E-state index contributed by atoms with van der Waals surface area (Å²) in [6.45, 7) is 0. The number of hydrogen-bond donors (Lipinski definition) is 2. The molecule has 1 aromatic carbocycles. The first-order valence-corrected chi connectivity index (χ1v) is 4.53. The Hall–Kier alpha value is -1.03. The van der Waals surface area contributed by atoms with Crippen LogP contribution in [0, 0.1) is 0 Å². The van der Waals surface area contributed by atoms with E-state index in [1.54, 1.807) is 0 Å². The van der Waals surface area contributed by atoms with Crippen molar-refractivity contribution in [3.05, 3.63) is 35.4 Å². The molecule has 64 valence electrons. The Morgan fingerprint density at radius 1 is 1.50 bits per heavy atom. The summed E-state index contributed by atoms with van der Waals surface area (Å²) in [6.07, 6.45) is 0. The van der Waals surface area contributed by atoms with Crippen molar-refractivity contribution in [3.8, 4) is 0 Å². The molecule has 0 heterocycles. The van der Waals surface area contributed by atoms with Crippen molar-refractivity contribution >= 4 is 21.8 Å². The predicted octanol–water partition coefficient (Wildman–Crippen LogP) is 1.68. The van der Waals surface area contributed by atoms with Gasteiger partial charge in [-0.15, -0.1) is 0 Å². The third-order valence-corrected chi connectivity index (χ3v) is 2.15. The number of oxime groups is 1. The lowest BCUT2D eigenvalue weighted by atomic mass is 10.1. The molecule has 3 nitrogen and oxygen atoms in total. The van der Waals surface area contributed by atoms with Crippen LogP contribution in [0.25, 0.3) is 0 Å². The fourth-order valence-corrected chi connectivity index (χ4v) is 1.43. The maximum Gasteiger partial charge on any atom is 0.170 e. The molecule has 0 saturated heterocycles. The quantitative estimate of drug-likeness (QED) is 0.266. The second-order valence-corrected chi connectivity index (χ2v) is 2.84. The van der Waals surface area contributed by atoms with Gasteiger partial charge >= 0.3 is 0 Å². The zero-order chi connectivity index (χ0) is 8.97. The molecule has 1 rings (SSSR count). The number of alkyl halides is 1. The highest BCUT2D eigenvalue weighted by atomic mass is 79.9. The molecular formula is C8H9BrN2O. The standard InChI is InChI=1S/C8H9BrN2O/c9-5-6-3-1-2-4-7(6)8(10)11-12/h1-4,12H,5H2,(H2,10,11). The fourth-order valence-electron chi connectivity index (χ4n) is 0.941. The first-order chi connectivity index (χ1) is 5.79. The Morgan fingerprint density at radius 3 is 2.75 bits per heavy atom. The van der Waals surface area contributed by atoms with Crippen molar-refractivity contribution in [1.29, 1.82) is 0 Å². The van der Waals surface area contributed by atoms with Crippen LogP contribution < -0.4 is 5.73 Å². The highest BCUT2D eigenvalue weighted by molar-refractivity contribution is 9.08. The largest absolute Gasteiger partial charge is 0.409 e. The first kappa shape index (κ1) is 9.06. The van der Waals surface area contributed by atoms with Gasteiger partial charge in [0.05, 0.1) is 0 Å². The van der Waals surface area contributed by atoms with Gasteiger partial charge in [0.25, 0.3) is 0 Å². The number of nitrogens with zero attached hydrogens (tertiary/aromatic N) is 1. The van der Waals surface area contributed by atoms with Crippen LogP contribution in [0.3, 0.4) is 0 Å². The van der Waals surface area contributed by atoms with Crippen molar-refractivity contribution in [1.82, 2.24) is 0 Å². The van der Waals surface area contributed by atoms with Gasteiger partial charge in [-0.3, -0.25) is 0 Å². The summed E-state index contributed by atoms with van der Waals surface area (Å²) in [4.78, 5) is 0. The Morgan fingerprint density at radius 2 is 2.17 bits per heavy atom. The highest BCUT2D eigenvalue weighted by Crippen LogP contribution is 2.11. The van der Waals surface area contributed by atoms with E-state index < -0.39 is 0 Å². The van der Waals surface area contributed by atoms with Crippen molar-refractivity contribution in [3.63, 3.8) is 0 Å².